The molecule has 2 aromatic heterocycles. The fourth-order valence-electron chi connectivity index (χ4n) is 1.60. The van der Waals surface area contributed by atoms with E-state index in [0.717, 1.165) is 22.2 Å². The summed E-state index contributed by atoms with van der Waals surface area (Å²) in [5, 5.41) is 1.09. The van der Waals surface area contributed by atoms with Crippen molar-refractivity contribution < 1.29 is 32.7 Å². The van der Waals surface area contributed by atoms with Gasteiger partial charge in [-0.25, -0.2) is 17.7 Å². The average molecular weight is 293 g/mol. The molecule has 0 atom stereocenters. The first kappa shape index (κ1) is 12.3. The van der Waals surface area contributed by atoms with Gasteiger partial charge in [-0.2, -0.15) is 6.07 Å². The number of hydrogen-bond acceptors (Lipinski definition) is 2. The van der Waals surface area contributed by atoms with Crippen molar-refractivity contribution in [2.75, 3.05) is 0 Å². The van der Waals surface area contributed by atoms with Crippen molar-refractivity contribution in [3.05, 3.63) is 60.9 Å². The molecule has 0 aliphatic rings. The second-order valence-corrected chi connectivity index (χ2v) is 3.46. The second kappa shape index (κ2) is 5.48. The van der Waals surface area contributed by atoms with Crippen molar-refractivity contribution in [3.63, 3.8) is 0 Å². The maximum absolute atomic E-state index is 4.52. The molecule has 1 radical (unpaired) electrons. The van der Waals surface area contributed by atoms with Crippen LogP contribution >= 0.6 is 0 Å². The molecule has 0 saturated heterocycles. The van der Waals surface area contributed by atoms with E-state index in [-0.39, 0.29) is 32.7 Å². The monoisotopic (exact) mass is 293 g/mol. The van der Waals surface area contributed by atoms with E-state index in [9.17, 15) is 0 Å². The fourth-order valence-corrected chi connectivity index (χ4v) is 1.60. The summed E-state index contributed by atoms with van der Waals surface area (Å²) in [6.45, 7) is 0. The first-order valence-corrected chi connectivity index (χ1v) is 5.03. The Hall–Kier alpha value is -1.12. The van der Waals surface area contributed by atoms with Crippen LogP contribution in [0.15, 0.2) is 48.8 Å². The standard InChI is InChI=1S/C14H8N2.Y/c1-2-6-13-11(4-1)7-8-14(16-13)12-5-3-9-15-10-12;/h1-4,6-7,9-10H;/q-2;. The van der Waals surface area contributed by atoms with E-state index in [0.29, 0.717) is 0 Å². The fraction of sp³-hybridized carbons (Fsp3) is 0. The molecule has 0 bridgehead atoms. The number of nitrogens with zero attached hydrogens (tertiary/aromatic N) is 2. The molecule has 17 heavy (non-hydrogen) atoms. The molecule has 0 amide bonds. The number of pyridine rings is 2. The van der Waals surface area contributed by atoms with E-state index >= 15 is 0 Å². The van der Waals surface area contributed by atoms with Gasteiger partial charge < -0.3 is 9.97 Å². The van der Waals surface area contributed by atoms with Gasteiger partial charge in [-0.1, -0.05) is 23.7 Å². The van der Waals surface area contributed by atoms with Crippen LogP contribution in [0.1, 0.15) is 0 Å². The van der Waals surface area contributed by atoms with Gasteiger partial charge in [0.05, 0.1) is 0 Å². The van der Waals surface area contributed by atoms with Crippen molar-refractivity contribution in [3.8, 4) is 11.3 Å². The van der Waals surface area contributed by atoms with Gasteiger partial charge in [-0.3, -0.25) is 0 Å². The zero-order valence-electron chi connectivity index (χ0n) is 9.09. The third-order valence-electron chi connectivity index (χ3n) is 2.39. The molecule has 79 valence electrons. The van der Waals surface area contributed by atoms with Crippen molar-refractivity contribution >= 4 is 10.9 Å². The van der Waals surface area contributed by atoms with Gasteiger partial charge in [0.2, 0.25) is 0 Å². The molecule has 3 aromatic rings. The zero-order valence-corrected chi connectivity index (χ0v) is 11.9. The van der Waals surface area contributed by atoms with E-state index < -0.39 is 0 Å². The van der Waals surface area contributed by atoms with Crippen LogP contribution in [0, 0.1) is 12.1 Å². The van der Waals surface area contributed by atoms with E-state index in [2.05, 4.69) is 22.1 Å². The first-order chi connectivity index (χ1) is 7.93. The Bertz CT molecular complexity index is 623. The van der Waals surface area contributed by atoms with E-state index in [1.54, 1.807) is 18.5 Å². The maximum atomic E-state index is 4.52. The van der Waals surface area contributed by atoms with Crippen LogP contribution in [0.3, 0.4) is 0 Å². The van der Waals surface area contributed by atoms with Crippen LogP contribution in [0.2, 0.25) is 0 Å². The molecular formula is C14H8N2Y-2. The normalized spacial score (nSPS) is 9.88. The Labute approximate surface area is 125 Å². The summed E-state index contributed by atoms with van der Waals surface area (Å²) in [6, 6.07) is 17.9. The smallest absolute Gasteiger partial charge is 0.00296 e. The van der Waals surface area contributed by atoms with Gasteiger partial charge in [0.15, 0.2) is 0 Å². The average Bonchev–Trinajstić information content (AvgIpc) is 2.39. The van der Waals surface area contributed by atoms with E-state index in [1.807, 2.05) is 30.3 Å². The summed E-state index contributed by atoms with van der Waals surface area (Å²) < 4.78 is 0. The summed E-state index contributed by atoms with van der Waals surface area (Å²) in [5.41, 5.74) is 2.62. The third-order valence-corrected chi connectivity index (χ3v) is 2.39. The van der Waals surface area contributed by atoms with Crippen LogP contribution in [0.4, 0.5) is 0 Å². The molecule has 0 spiro atoms. The molecule has 0 aliphatic heterocycles. The zero-order chi connectivity index (χ0) is 10.8. The molecular weight excluding hydrogens is 285 g/mol. The van der Waals surface area contributed by atoms with Gasteiger partial charge in [0.25, 0.3) is 0 Å². The van der Waals surface area contributed by atoms with Gasteiger partial charge in [0, 0.05) is 38.2 Å². The SMILES string of the molecule is [Y].[c-]1ccncc1-c1[c-]cc2ccccc2n1. The van der Waals surface area contributed by atoms with Crippen LogP contribution in [-0.4, -0.2) is 9.97 Å². The number of rotatable bonds is 1. The molecule has 3 rings (SSSR count). The van der Waals surface area contributed by atoms with Crippen LogP contribution in [0.5, 0.6) is 0 Å². The van der Waals surface area contributed by atoms with Crippen LogP contribution < -0.4 is 0 Å². The van der Waals surface area contributed by atoms with Crippen molar-refractivity contribution in [2.24, 2.45) is 0 Å². The maximum Gasteiger partial charge on any atom is 0.00296 e. The first-order valence-electron chi connectivity index (χ1n) is 5.03. The molecule has 0 unspecified atom stereocenters. The molecule has 0 fully saturated rings. The number of benzene rings is 1. The van der Waals surface area contributed by atoms with Gasteiger partial charge in [0.1, 0.15) is 0 Å². The second-order valence-electron chi connectivity index (χ2n) is 3.46. The van der Waals surface area contributed by atoms with Crippen molar-refractivity contribution in [2.45, 2.75) is 0 Å². The molecule has 3 heteroatoms. The quantitative estimate of drug-likeness (QED) is 0.645. The Balaban J connectivity index is 0.00000108. The predicted octanol–water partition coefficient (Wildman–Crippen LogP) is 2.89. The Morgan fingerprint density at radius 3 is 2.76 bits per heavy atom. The Kier molecular flexibility index (Phi) is 3.98. The summed E-state index contributed by atoms with van der Waals surface area (Å²) >= 11 is 0. The topological polar surface area (TPSA) is 25.8 Å². The number of para-hydroxylation sites is 1. The van der Waals surface area contributed by atoms with E-state index in [1.165, 1.54) is 0 Å². The third kappa shape index (κ3) is 2.59. The molecule has 2 heterocycles. The van der Waals surface area contributed by atoms with Crippen molar-refractivity contribution in [1.29, 1.82) is 0 Å². The minimum Gasteiger partial charge on any atom is -0.373 e. The molecule has 2 nitrogen and oxygen atoms in total. The van der Waals surface area contributed by atoms with Gasteiger partial charge >= 0.3 is 0 Å². The van der Waals surface area contributed by atoms with Crippen molar-refractivity contribution in [1.82, 2.24) is 9.97 Å². The predicted molar refractivity (Wildman–Crippen MR) is 62.6 cm³/mol. The number of fused-ring (bicyclic) bond motifs is 1. The number of aromatic nitrogens is 2. The molecule has 1 aromatic carbocycles. The van der Waals surface area contributed by atoms with Crippen LogP contribution in [-0.2, 0) is 32.7 Å². The summed E-state index contributed by atoms with van der Waals surface area (Å²) in [7, 11) is 0. The molecule has 0 aliphatic carbocycles. The Morgan fingerprint density at radius 2 is 1.94 bits per heavy atom. The minimum absolute atomic E-state index is 0. The van der Waals surface area contributed by atoms with Crippen LogP contribution in [0.25, 0.3) is 22.2 Å². The van der Waals surface area contributed by atoms with E-state index in [4.69, 9.17) is 0 Å². The molecule has 0 N–H and O–H groups in total. The van der Waals surface area contributed by atoms with Gasteiger partial charge in [-0.15, -0.1) is 24.0 Å². The molecule has 0 saturated carbocycles. The van der Waals surface area contributed by atoms with Gasteiger partial charge in [-0.05, 0) is 6.07 Å². The Morgan fingerprint density at radius 1 is 1.06 bits per heavy atom. The summed E-state index contributed by atoms with van der Waals surface area (Å²) in [6.07, 6.45) is 3.44. The minimum atomic E-state index is 0. The summed E-state index contributed by atoms with van der Waals surface area (Å²) in [5.74, 6) is 0. The largest absolute Gasteiger partial charge is 0.373 e. The number of hydrogen-bond donors (Lipinski definition) is 0. The summed E-state index contributed by atoms with van der Waals surface area (Å²) in [4.78, 5) is 8.57.